The molecule has 2 aromatic carbocycles. The van der Waals surface area contributed by atoms with Gasteiger partial charge in [-0.25, -0.2) is 9.78 Å². The van der Waals surface area contributed by atoms with E-state index < -0.39 is 5.97 Å². The maximum Gasteiger partial charge on any atom is 0.335 e. The van der Waals surface area contributed by atoms with Gasteiger partial charge < -0.3 is 15.9 Å². The molecule has 0 spiro atoms. The van der Waals surface area contributed by atoms with Crippen molar-refractivity contribution in [3.05, 3.63) is 54.1 Å². The van der Waals surface area contributed by atoms with Crippen molar-refractivity contribution in [1.82, 2.24) is 4.98 Å². The molecule has 4 N–H and O–H groups in total. The van der Waals surface area contributed by atoms with E-state index in [1.807, 2.05) is 0 Å². The number of pyridine rings is 1. The number of phenolic OH excluding ortho intramolecular Hbond substituents is 1. The van der Waals surface area contributed by atoms with E-state index in [0.29, 0.717) is 16.9 Å². The van der Waals surface area contributed by atoms with Gasteiger partial charge in [-0.3, -0.25) is 0 Å². The largest absolute Gasteiger partial charge is 0.508 e. The molecule has 3 aromatic rings. The molecule has 0 bridgehead atoms. The molecule has 21 heavy (non-hydrogen) atoms. The minimum absolute atomic E-state index is 0.155. The number of aromatic carboxylic acids is 1. The fourth-order valence-electron chi connectivity index (χ4n) is 2.18. The molecule has 0 saturated carbocycles. The highest BCUT2D eigenvalue weighted by Crippen LogP contribution is 2.29. The molecule has 0 atom stereocenters. The highest BCUT2D eigenvalue weighted by molar-refractivity contribution is 5.91. The van der Waals surface area contributed by atoms with Gasteiger partial charge in [0.1, 0.15) is 5.75 Å². The predicted octanol–water partition coefficient (Wildman–Crippen LogP) is 2.89. The lowest BCUT2D eigenvalue weighted by Gasteiger charge is -2.08. The van der Waals surface area contributed by atoms with Gasteiger partial charge in [-0.05, 0) is 36.4 Å². The number of rotatable bonds is 2. The van der Waals surface area contributed by atoms with Crippen LogP contribution >= 0.6 is 0 Å². The SMILES string of the molecule is Nc1cc2cc(O)ccc2nc1-c1ccc(C(=O)O)cc1. The number of carbonyl (C=O) groups is 1. The summed E-state index contributed by atoms with van der Waals surface area (Å²) in [4.78, 5) is 15.3. The maximum atomic E-state index is 10.9. The lowest BCUT2D eigenvalue weighted by molar-refractivity contribution is 0.0697. The third kappa shape index (κ3) is 2.36. The van der Waals surface area contributed by atoms with Crippen molar-refractivity contribution >= 4 is 22.6 Å². The fraction of sp³-hybridized carbons (Fsp3) is 0. The number of hydrogen-bond acceptors (Lipinski definition) is 4. The van der Waals surface area contributed by atoms with E-state index >= 15 is 0 Å². The standard InChI is InChI=1S/C16H12N2O3/c17-13-8-11-7-12(19)5-6-14(11)18-15(13)9-1-3-10(4-2-9)16(20)21/h1-8,19H,17H2,(H,20,21). The predicted molar refractivity (Wildman–Crippen MR) is 80.2 cm³/mol. The number of carboxylic acids is 1. The summed E-state index contributed by atoms with van der Waals surface area (Å²) < 4.78 is 0. The van der Waals surface area contributed by atoms with Crippen LogP contribution in [-0.4, -0.2) is 21.2 Å². The number of nitrogen functional groups attached to an aromatic ring is 1. The second kappa shape index (κ2) is 4.79. The Kier molecular flexibility index (Phi) is 2.95. The zero-order valence-electron chi connectivity index (χ0n) is 10.9. The molecule has 5 heteroatoms. The van der Waals surface area contributed by atoms with Crippen molar-refractivity contribution in [3.8, 4) is 17.0 Å². The molecule has 0 fully saturated rings. The number of anilines is 1. The molecular weight excluding hydrogens is 268 g/mol. The van der Waals surface area contributed by atoms with E-state index in [9.17, 15) is 9.90 Å². The van der Waals surface area contributed by atoms with Gasteiger partial charge in [-0.2, -0.15) is 0 Å². The summed E-state index contributed by atoms with van der Waals surface area (Å²) in [6.45, 7) is 0. The van der Waals surface area contributed by atoms with Gasteiger partial charge in [-0.15, -0.1) is 0 Å². The number of nitrogens with two attached hydrogens (primary N) is 1. The van der Waals surface area contributed by atoms with Crippen molar-refractivity contribution in [2.45, 2.75) is 0 Å². The number of phenols is 1. The zero-order chi connectivity index (χ0) is 15.0. The van der Waals surface area contributed by atoms with Gasteiger partial charge in [0.15, 0.2) is 0 Å². The van der Waals surface area contributed by atoms with Gasteiger partial charge in [0, 0.05) is 10.9 Å². The molecule has 0 aliphatic heterocycles. The van der Waals surface area contributed by atoms with Crippen LogP contribution in [0.25, 0.3) is 22.2 Å². The lowest BCUT2D eigenvalue weighted by Crippen LogP contribution is -1.97. The molecule has 0 unspecified atom stereocenters. The molecule has 0 aliphatic carbocycles. The Hall–Kier alpha value is -3.08. The quantitative estimate of drug-likeness (QED) is 0.670. The minimum atomic E-state index is -0.975. The first-order chi connectivity index (χ1) is 10.0. The molecule has 0 saturated heterocycles. The van der Waals surface area contributed by atoms with Crippen molar-refractivity contribution in [3.63, 3.8) is 0 Å². The van der Waals surface area contributed by atoms with Gasteiger partial charge in [0.2, 0.25) is 0 Å². The molecule has 5 nitrogen and oxygen atoms in total. The van der Waals surface area contributed by atoms with E-state index in [1.165, 1.54) is 12.1 Å². The highest BCUT2D eigenvalue weighted by Gasteiger charge is 2.09. The number of benzene rings is 2. The second-order valence-electron chi connectivity index (χ2n) is 4.69. The number of hydrogen-bond donors (Lipinski definition) is 3. The molecule has 0 amide bonds. The van der Waals surface area contributed by atoms with E-state index in [-0.39, 0.29) is 11.3 Å². The highest BCUT2D eigenvalue weighted by atomic mass is 16.4. The van der Waals surface area contributed by atoms with E-state index in [1.54, 1.807) is 36.4 Å². The summed E-state index contributed by atoms with van der Waals surface area (Å²) in [5.74, 6) is -0.821. The van der Waals surface area contributed by atoms with Crippen LogP contribution in [0, 0.1) is 0 Å². The van der Waals surface area contributed by atoms with Gasteiger partial charge >= 0.3 is 5.97 Å². The van der Waals surface area contributed by atoms with Crippen LogP contribution in [0.15, 0.2) is 48.5 Å². The van der Waals surface area contributed by atoms with Crippen LogP contribution in [0.5, 0.6) is 5.75 Å². The Morgan fingerprint density at radius 3 is 2.43 bits per heavy atom. The normalized spacial score (nSPS) is 10.7. The maximum absolute atomic E-state index is 10.9. The Bertz CT molecular complexity index is 842. The first kappa shape index (κ1) is 12.9. The summed E-state index contributed by atoms with van der Waals surface area (Å²) >= 11 is 0. The molecule has 0 radical (unpaired) electrons. The Balaban J connectivity index is 2.13. The second-order valence-corrected chi connectivity index (χ2v) is 4.69. The summed E-state index contributed by atoms with van der Waals surface area (Å²) in [6, 6.07) is 13.0. The molecule has 0 aliphatic rings. The summed E-state index contributed by atoms with van der Waals surface area (Å²) in [5.41, 5.74) is 8.72. The summed E-state index contributed by atoms with van der Waals surface area (Å²) in [5, 5.41) is 19.1. The zero-order valence-corrected chi connectivity index (χ0v) is 10.9. The third-order valence-electron chi connectivity index (χ3n) is 3.23. The average Bonchev–Trinajstić information content (AvgIpc) is 2.46. The van der Waals surface area contributed by atoms with Crippen LogP contribution < -0.4 is 5.73 Å². The van der Waals surface area contributed by atoms with Gasteiger partial charge in [0.25, 0.3) is 0 Å². The topological polar surface area (TPSA) is 96.4 Å². The van der Waals surface area contributed by atoms with E-state index in [2.05, 4.69) is 4.98 Å². The number of fused-ring (bicyclic) bond motifs is 1. The van der Waals surface area contributed by atoms with Crippen LogP contribution in [-0.2, 0) is 0 Å². The molecule has 104 valence electrons. The Labute approximate surface area is 120 Å². The smallest absolute Gasteiger partial charge is 0.335 e. The number of aromatic hydroxyl groups is 1. The third-order valence-corrected chi connectivity index (χ3v) is 3.23. The van der Waals surface area contributed by atoms with Crippen molar-refractivity contribution < 1.29 is 15.0 Å². The molecule has 1 aromatic heterocycles. The Morgan fingerprint density at radius 1 is 1.05 bits per heavy atom. The van der Waals surface area contributed by atoms with E-state index in [0.717, 1.165) is 10.9 Å². The monoisotopic (exact) mass is 280 g/mol. The molecular formula is C16H12N2O3. The summed E-state index contributed by atoms with van der Waals surface area (Å²) in [6.07, 6.45) is 0. The average molecular weight is 280 g/mol. The van der Waals surface area contributed by atoms with E-state index in [4.69, 9.17) is 10.8 Å². The van der Waals surface area contributed by atoms with Crippen molar-refractivity contribution in [1.29, 1.82) is 0 Å². The van der Waals surface area contributed by atoms with Crippen LogP contribution in [0.3, 0.4) is 0 Å². The van der Waals surface area contributed by atoms with Crippen LogP contribution in [0.2, 0.25) is 0 Å². The van der Waals surface area contributed by atoms with Gasteiger partial charge in [-0.1, -0.05) is 12.1 Å². The van der Waals surface area contributed by atoms with Crippen LogP contribution in [0.1, 0.15) is 10.4 Å². The van der Waals surface area contributed by atoms with Crippen molar-refractivity contribution in [2.75, 3.05) is 5.73 Å². The number of carboxylic acid groups (broad SMARTS) is 1. The minimum Gasteiger partial charge on any atom is -0.508 e. The Morgan fingerprint density at radius 2 is 1.76 bits per heavy atom. The molecule has 1 heterocycles. The lowest BCUT2D eigenvalue weighted by atomic mass is 10.1. The number of aromatic nitrogens is 1. The first-order valence-corrected chi connectivity index (χ1v) is 6.27. The number of nitrogens with zero attached hydrogens (tertiary/aromatic N) is 1. The fourth-order valence-corrected chi connectivity index (χ4v) is 2.18. The van der Waals surface area contributed by atoms with Crippen molar-refractivity contribution in [2.24, 2.45) is 0 Å². The molecule has 3 rings (SSSR count). The van der Waals surface area contributed by atoms with Gasteiger partial charge in [0.05, 0.1) is 22.5 Å². The summed E-state index contributed by atoms with van der Waals surface area (Å²) in [7, 11) is 0. The van der Waals surface area contributed by atoms with Crippen LogP contribution in [0.4, 0.5) is 5.69 Å². The first-order valence-electron chi connectivity index (χ1n) is 6.27.